The highest BCUT2D eigenvalue weighted by Crippen LogP contribution is 2.23. The van der Waals surface area contributed by atoms with Crippen LogP contribution >= 0.6 is 0 Å². The van der Waals surface area contributed by atoms with Gasteiger partial charge in [-0.2, -0.15) is 4.98 Å². The second kappa shape index (κ2) is 4.49. The molecule has 0 saturated heterocycles. The van der Waals surface area contributed by atoms with Crippen LogP contribution in [0.3, 0.4) is 0 Å². The first-order chi connectivity index (χ1) is 8.80. The summed E-state index contributed by atoms with van der Waals surface area (Å²) >= 11 is 0. The fourth-order valence-electron chi connectivity index (χ4n) is 1.87. The Morgan fingerprint density at radius 1 is 1.42 bits per heavy atom. The highest BCUT2D eigenvalue weighted by Gasteiger charge is 2.30. The molecule has 1 aromatic heterocycles. The molecule has 7 nitrogen and oxygen atoms in total. The van der Waals surface area contributed by atoms with Crippen molar-refractivity contribution in [1.29, 1.82) is 0 Å². The van der Waals surface area contributed by atoms with E-state index in [0.29, 0.717) is 17.5 Å². The van der Waals surface area contributed by atoms with E-state index in [1.807, 2.05) is 0 Å². The fraction of sp³-hybridized carbons (Fsp3) is 0.500. The Balaban J connectivity index is 2.23. The number of rotatable bonds is 1. The molecule has 1 aliphatic rings. The number of carbonyl (C=O) groups is 2. The van der Waals surface area contributed by atoms with Crippen molar-refractivity contribution in [3.05, 3.63) is 27.4 Å². The Bertz CT molecular complexity index is 586. The summed E-state index contributed by atoms with van der Waals surface area (Å²) in [6.07, 6.45) is 0.0357. The minimum atomic E-state index is -0.592. The van der Waals surface area contributed by atoms with Crippen LogP contribution in [0.2, 0.25) is 0 Å². The summed E-state index contributed by atoms with van der Waals surface area (Å²) in [5, 5.41) is 0. The molecule has 2 rings (SSSR count). The third-order valence-electron chi connectivity index (χ3n) is 2.61. The molecule has 0 radical (unpaired) electrons. The molecule has 0 aliphatic carbocycles. The van der Waals surface area contributed by atoms with Crippen LogP contribution in [-0.4, -0.2) is 32.8 Å². The van der Waals surface area contributed by atoms with Gasteiger partial charge in [0, 0.05) is 11.3 Å². The van der Waals surface area contributed by atoms with Gasteiger partial charge in [0.05, 0.1) is 13.1 Å². The van der Waals surface area contributed by atoms with Crippen molar-refractivity contribution in [3.8, 4) is 0 Å². The van der Waals surface area contributed by atoms with Crippen molar-refractivity contribution in [2.75, 3.05) is 0 Å². The second-order valence-corrected chi connectivity index (χ2v) is 5.34. The lowest BCUT2D eigenvalue weighted by molar-refractivity contribution is 0.0240. The first-order valence-electron chi connectivity index (χ1n) is 5.85. The van der Waals surface area contributed by atoms with Crippen LogP contribution in [0.5, 0.6) is 0 Å². The summed E-state index contributed by atoms with van der Waals surface area (Å²) in [5.41, 5.74) is -0.00419. The highest BCUT2D eigenvalue weighted by atomic mass is 16.6. The molecule has 0 spiro atoms. The number of H-pyrrole nitrogens is 1. The lowest BCUT2D eigenvalue weighted by Crippen LogP contribution is -2.33. The zero-order valence-corrected chi connectivity index (χ0v) is 11.0. The Hall–Kier alpha value is -2.18. The monoisotopic (exact) mass is 265 g/mol. The van der Waals surface area contributed by atoms with E-state index >= 15 is 0 Å². The summed E-state index contributed by atoms with van der Waals surface area (Å²) < 4.78 is 5.24. The number of aldehydes is 1. The number of hydrogen-bond acceptors (Lipinski definition) is 5. The number of nitrogens with one attached hydrogen (secondary N) is 1. The molecule has 7 heteroatoms. The average molecular weight is 265 g/mol. The second-order valence-electron chi connectivity index (χ2n) is 5.34. The van der Waals surface area contributed by atoms with E-state index in [-0.39, 0.29) is 18.8 Å². The van der Waals surface area contributed by atoms with Crippen molar-refractivity contribution >= 4 is 12.4 Å². The van der Waals surface area contributed by atoms with Crippen LogP contribution in [0, 0.1) is 0 Å². The Morgan fingerprint density at radius 2 is 2.11 bits per heavy atom. The predicted molar refractivity (Wildman–Crippen MR) is 65.7 cm³/mol. The van der Waals surface area contributed by atoms with E-state index in [0.717, 1.165) is 0 Å². The summed E-state index contributed by atoms with van der Waals surface area (Å²) in [6, 6.07) is 0. The summed E-state index contributed by atoms with van der Waals surface area (Å²) in [4.78, 5) is 41.6. The van der Waals surface area contributed by atoms with Crippen LogP contribution in [0.25, 0.3) is 0 Å². The van der Waals surface area contributed by atoms with E-state index in [4.69, 9.17) is 4.74 Å². The highest BCUT2D eigenvalue weighted by molar-refractivity contribution is 5.76. The normalized spacial score (nSPS) is 14.2. The van der Waals surface area contributed by atoms with Crippen molar-refractivity contribution in [2.45, 2.75) is 39.5 Å². The van der Waals surface area contributed by atoms with Crippen molar-refractivity contribution < 1.29 is 14.3 Å². The number of fused-ring (bicyclic) bond motifs is 1. The van der Waals surface area contributed by atoms with E-state index in [2.05, 4.69) is 9.97 Å². The SMILES string of the molecule is CC(C)(C)OC(=O)N1Cc2[nH]c(=O)nc(C=O)c2C1. The molecule has 1 aliphatic heterocycles. The van der Waals surface area contributed by atoms with Crippen molar-refractivity contribution in [3.63, 3.8) is 0 Å². The van der Waals surface area contributed by atoms with E-state index in [1.165, 1.54) is 4.90 Å². The molecule has 0 fully saturated rings. The number of amides is 1. The molecule has 0 bridgehead atoms. The molecule has 1 N–H and O–H groups in total. The number of hydrogen-bond donors (Lipinski definition) is 1. The van der Waals surface area contributed by atoms with Gasteiger partial charge >= 0.3 is 11.8 Å². The molecule has 19 heavy (non-hydrogen) atoms. The van der Waals surface area contributed by atoms with Crippen molar-refractivity contribution in [1.82, 2.24) is 14.9 Å². The minimum Gasteiger partial charge on any atom is -0.444 e. The largest absolute Gasteiger partial charge is 0.444 e. The number of ether oxygens (including phenoxy) is 1. The molecule has 1 aromatic rings. The van der Waals surface area contributed by atoms with Gasteiger partial charge in [-0.05, 0) is 20.8 Å². The third kappa shape index (κ3) is 2.81. The third-order valence-corrected chi connectivity index (χ3v) is 2.61. The number of carbonyl (C=O) groups excluding carboxylic acids is 2. The van der Waals surface area contributed by atoms with E-state index in [1.54, 1.807) is 20.8 Å². The van der Waals surface area contributed by atoms with Gasteiger partial charge in [0.25, 0.3) is 0 Å². The molecule has 0 saturated carbocycles. The standard InChI is InChI=1S/C12H15N3O4/c1-12(2,3)19-11(18)15-4-7-8(5-15)13-10(17)14-9(7)6-16/h6H,4-5H2,1-3H3,(H,13,14,17). The molecular weight excluding hydrogens is 250 g/mol. The fourth-order valence-corrected chi connectivity index (χ4v) is 1.87. The summed E-state index contributed by atoms with van der Waals surface area (Å²) in [6.45, 7) is 5.74. The molecule has 0 unspecified atom stereocenters. The van der Waals surface area contributed by atoms with Crippen LogP contribution < -0.4 is 5.69 Å². The van der Waals surface area contributed by atoms with Crippen LogP contribution in [0.4, 0.5) is 4.79 Å². The molecular formula is C12H15N3O4. The van der Waals surface area contributed by atoms with Gasteiger partial charge in [0.2, 0.25) is 0 Å². The van der Waals surface area contributed by atoms with Crippen LogP contribution in [0.15, 0.2) is 4.79 Å². The maximum absolute atomic E-state index is 11.9. The number of nitrogens with zero attached hydrogens (tertiary/aromatic N) is 2. The van der Waals surface area contributed by atoms with E-state index in [9.17, 15) is 14.4 Å². The Labute approximate surface area is 109 Å². The zero-order chi connectivity index (χ0) is 14.2. The van der Waals surface area contributed by atoms with Gasteiger partial charge in [0.15, 0.2) is 6.29 Å². The molecule has 1 amide bonds. The van der Waals surface area contributed by atoms with Crippen molar-refractivity contribution in [2.24, 2.45) is 0 Å². The van der Waals surface area contributed by atoms with Gasteiger partial charge < -0.3 is 9.72 Å². The van der Waals surface area contributed by atoms with Crippen LogP contribution in [-0.2, 0) is 17.8 Å². The maximum Gasteiger partial charge on any atom is 0.410 e. The topological polar surface area (TPSA) is 92.4 Å². The maximum atomic E-state index is 11.9. The molecule has 2 heterocycles. The summed E-state index contributed by atoms with van der Waals surface area (Å²) in [7, 11) is 0. The quantitative estimate of drug-likeness (QED) is 0.759. The smallest absolute Gasteiger partial charge is 0.410 e. The number of aromatic nitrogens is 2. The molecule has 102 valence electrons. The lowest BCUT2D eigenvalue weighted by Gasteiger charge is -2.23. The van der Waals surface area contributed by atoms with Gasteiger partial charge in [-0.15, -0.1) is 0 Å². The lowest BCUT2D eigenvalue weighted by atomic mass is 10.2. The first kappa shape index (κ1) is 13.3. The first-order valence-corrected chi connectivity index (χ1v) is 5.85. The minimum absolute atomic E-state index is 0.0739. The Morgan fingerprint density at radius 3 is 2.68 bits per heavy atom. The van der Waals surface area contributed by atoms with Gasteiger partial charge in [0.1, 0.15) is 11.3 Å². The number of aromatic amines is 1. The van der Waals surface area contributed by atoms with Crippen LogP contribution in [0.1, 0.15) is 42.5 Å². The van der Waals surface area contributed by atoms with E-state index < -0.39 is 17.4 Å². The molecule has 0 atom stereocenters. The van der Waals surface area contributed by atoms with Gasteiger partial charge in [-0.25, -0.2) is 9.59 Å². The average Bonchev–Trinajstić information content (AvgIpc) is 2.69. The van der Waals surface area contributed by atoms with Gasteiger partial charge in [-0.1, -0.05) is 0 Å². The summed E-state index contributed by atoms with van der Waals surface area (Å²) in [5.74, 6) is 0. The predicted octanol–water partition coefficient (Wildman–Crippen LogP) is 0.833. The molecule has 0 aromatic carbocycles. The zero-order valence-electron chi connectivity index (χ0n) is 11.0. The Kier molecular flexibility index (Phi) is 3.13. The van der Waals surface area contributed by atoms with Gasteiger partial charge in [-0.3, -0.25) is 9.69 Å².